The molecule has 0 bridgehead atoms. The maximum Gasteiger partial charge on any atom is 0.264 e. The summed E-state index contributed by atoms with van der Waals surface area (Å²) in [5.41, 5.74) is 0.360. The number of amides is 1. The van der Waals surface area contributed by atoms with E-state index in [4.69, 9.17) is 0 Å². The van der Waals surface area contributed by atoms with Gasteiger partial charge in [0.15, 0.2) is 0 Å². The molecule has 2 heterocycles. The van der Waals surface area contributed by atoms with Crippen LogP contribution in [0.15, 0.2) is 48.5 Å². The van der Waals surface area contributed by atoms with Gasteiger partial charge in [0.05, 0.1) is 4.88 Å². The lowest BCUT2D eigenvalue weighted by Gasteiger charge is -2.22. The SMILES string of the molecule is O=C(c1cc2ccccc2s1)N1CCCN(Cc2cc(F)ccc2F)CC1. The molecule has 2 aromatic carbocycles. The minimum Gasteiger partial charge on any atom is -0.337 e. The molecular formula is C21H20F2N2OS. The van der Waals surface area contributed by atoms with Crippen LogP contribution in [0.3, 0.4) is 0 Å². The second-order valence-corrected chi connectivity index (χ2v) is 7.89. The number of thiophene rings is 1. The molecule has 4 rings (SSSR count). The van der Waals surface area contributed by atoms with Gasteiger partial charge in [-0.3, -0.25) is 9.69 Å². The standard InChI is InChI=1S/C21H20F2N2OS/c22-17-6-7-18(23)16(12-17)14-24-8-3-9-25(11-10-24)21(26)20-13-15-4-1-2-5-19(15)27-20/h1-2,4-7,12-13H,3,8-11,14H2. The number of carbonyl (C=O) groups is 1. The third-order valence-electron chi connectivity index (χ3n) is 4.91. The lowest BCUT2D eigenvalue weighted by atomic mass is 10.2. The third kappa shape index (κ3) is 4.01. The van der Waals surface area contributed by atoms with E-state index in [1.807, 2.05) is 35.2 Å². The van der Waals surface area contributed by atoms with E-state index in [9.17, 15) is 13.6 Å². The number of benzene rings is 2. The van der Waals surface area contributed by atoms with Crippen LogP contribution in [0.4, 0.5) is 8.78 Å². The molecule has 1 saturated heterocycles. The molecule has 1 aliphatic heterocycles. The first-order valence-corrected chi connectivity index (χ1v) is 9.86. The van der Waals surface area contributed by atoms with Crippen LogP contribution in [0, 0.1) is 11.6 Å². The maximum absolute atomic E-state index is 13.9. The van der Waals surface area contributed by atoms with Crippen molar-refractivity contribution >= 4 is 27.3 Å². The Morgan fingerprint density at radius 3 is 2.70 bits per heavy atom. The maximum atomic E-state index is 13.9. The average molecular weight is 386 g/mol. The second kappa shape index (κ2) is 7.74. The molecule has 0 spiro atoms. The van der Waals surface area contributed by atoms with E-state index in [0.29, 0.717) is 31.7 Å². The highest BCUT2D eigenvalue weighted by molar-refractivity contribution is 7.20. The Bertz CT molecular complexity index is 939. The highest BCUT2D eigenvalue weighted by atomic mass is 32.1. The largest absolute Gasteiger partial charge is 0.337 e. The van der Waals surface area contributed by atoms with Crippen molar-refractivity contribution in [1.82, 2.24) is 9.80 Å². The van der Waals surface area contributed by atoms with Gasteiger partial charge in [-0.15, -0.1) is 11.3 Å². The van der Waals surface area contributed by atoms with Gasteiger partial charge in [0, 0.05) is 43.0 Å². The van der Waals surface area contributed by atoms with Gasteiger partial charge in [-0.2, -0.15) is 0 Å². The van der Waals surface area contributed by atoms with Gasteiger partial charge in [-0.05, 0) is 42.1 Å². The zero-order chi connectivity index (χ0) is 18.8. The van der Waals surface area contributed by atoms with Crippen molar-refractivity contribution in [3.63, 3.8) is 0 Å². The van der Waals surface area contributed by atoms with E-state index in [1.165, 1.54) is 23.5 Å². The number of hydrogen-bond donors (Lipinski definition) is 0. The average Bonchev–Trinajstić information content (AvgIpc) is 2.97. The minimum absolute atomic E-state index is 0.0509. The quantitative estimate of drug-likeness (QED) is 0.660. The minimum atomic E-state index is -0.428. The van der Waals surface area contributed by atoms with Crippen molar-refractivity contribution in [3.05, 3.63) is 70.6 Å². The van der Waals surface area contributed by atoms with Gasteiger partial charge in [-0.25, -0.2) is 8.78 Å². The molecule has 1 fully saturated rings. The molecule has 1 aromatic heterocycles. The summed E-state index contributed by atoms with van der Waals surface area (Å²) in [5.74, 6) is -0.767. The van der Waals surface area contributed by atoms with Crippen LogP contribution in [0.5, 0.6) is 0 Å². The second-order valence-electron chi connectivity index (χ2n) is 6.81. The number of nitrogens with zero attached hydrogens (tertiary/aromatic N) is 2. The Kier molecular flexibility index (Phi) is 5.18. The Morgan fingerprint density at radius 2 is 1.85 bits per heavy atom. The normalized spacial score (nSPS) is 15.9. The zero-order valence-corrected chi connectivity index (χ0v) is 15.6. The van der Waals surface area contributed by atoms with Crippen molar-refractivity contribution in [3.8, 4) is 0 Å². The molecule has 0 radical (unpaired) electrons. The summed E-state index contributed by atoms with van der Waals surface area (Å²) in [4.78, 5) is 17.6. The summed E-state index contributed by atoms with van der Waals surface area (Å²) in [6.07, 6.45) is 0.813. The Balaban J connectivity index is 1.43. The predicted molar refractivity (Wildman–Crippen MR) is 104 cm³/mol. The molecule has 27 heavy (non-hydrogen) atoms. The van der Waals surface area contributed by atoms with Gasteiger partial charge < -0.3 is 4.90 Å². The summed E-state index contributed by atoms with van der Waals surface area (Å²) in [6, 6.07) is 13.5. The summed E-state index contributed by atoms with van der Waals surface area (Å²) in [6.45, 7) is 3.02. The van der Waals surface area contributed by atoms with Crippen LogP contribution >= 0.6 is 11.3 Å². The zero-order valence-electron chi connectivity index (χ0n) is 14.8. The molecule has 1 aliphatic rings. The monoisotopic (exact) mass is 386 g/mol. The molecule has 3 nitrogen and oxygen atoms in total. The van der Waals surface area contributed by atoms with E-state index in [1.54, 1.807) is 0 Å². The number of halogens is 2. The number of rotatable bonds is 3. The Labute approximate surface area is 160 Å². The van der Waals surface area contributed by atoms with E-state index in [0.717, 1.165) is 34.0 Å². The van der Waals surface area contributed by atoms with Gasteiger partial charge in [0.2, 0.25) is 0 Å². The van der Waals surface area contributed by atoms with Gasteiger partial charge in [-0.1, -0.05) is 18.2 Å². The van der Waals surface area contributed by atoms with Gasteiger partial charge in [0.1, 0.15) is 11.6 Å². The van der Waals surface area contributed by atoms with Gasteiger partial charge >= 0.3 is 0 Å². The molecule has 0 atom stereocenters. The molecular weight excluding hydrogens is 366 g/mol. The Morgan fingerprint density at radius 1 is 1.00 bits per heavy atom. The molecule has 0 N–H and O–H groups in total. The first kappa shape index (κ1) is 18.1. The number of fused-ring (bicyclic) bond motifs is 1. The number of hydrogen-bond acceptors (Lipinski definition) is 3. The molecule has 0 saturated carbocycles. The molecule has 140 valence electrons. The van der Waals surface area contributed by atoms with Crippen molar-refractivity contribution in [2.24, 2.45) is 0 Å². The predicted octanol–water partition coefficient (Wildman–Crippen LogP) is 4.53. The lowest BCUT2D eigenvalue weighted by Crippen LogP contribution is -2.34. The molecule has 6 heteroatoms. The van der Waals surface area contributed by atoms with E-state index in [2.05, 4.69) is 4.90 Å². The fourth-order valence-electron chi connectivity index (χ4n) is 3.48. The Hall–Kier alpha value is -2.31. The first-order chi connectivity index (χ1) is 13.1. The van der Waals surface area contributed by atoms with Gasteiger partial charge in [0.25, 0.3) is 5.91 Å². The highest BCUT2D eigenvalue weighted by Crippen LogP contribution is 2.26. The smallest absolute Gasteiger partial charge is 0.264 e. The highest BCUT2D eigenvalue weighted by Gasteiger charge is 2.22. The van der Waals surface area contributed by atoms with Crippen molar-refractivity contribution in [2.75, 3.05) is 26.2 Å². The summed E-state index contributed by atoms with van der Waals surface area (Å²) in [7, 11) is 0. The van der Waals surface area contributed by atoms with Crippen molar-refractivity contribution < 1.29 is 13.6 Å². The fourth-order valence-corrected chi connectivity index (χ4v) is 4.51. The van der Waals surface area contributed by atoms with Crippen LogP contribution in [-0.4, -0.2) is 41.9 Å². The van der Waals surface area contributed by atoms with Crippen molar-refractivity contribution in [2.45, 2.75) is 13.0 Å². The van der Waals surface area contributed by atoms with E-state index < -0.39 is 5.82 Å². The van der Waals surface area contributed by atoms with Crippen LogP contribution < -0.4 is 0 Å². The van der Waals surface area contributed by atoms with Crippen LogP contribution in [0.2, 0.25) is 0 Å². The van der Waals surface area contributed by atoms with E-state index >= 15 is 0 Å². The third-order valence-corrected chi connectivity index (χ3v) is 6.02. The molecule has 0 aliphatic carbocycles. The molecule has 1 amide bonds. The lowest BCUT2D eigenvalue weighted by molar-refractivity contribution is 0.0766. The molecule has 0 unspecified atom stereocenters. The first-order valence-electron chi connectivity index (χ1n) is 9.04. The van der Waals surface area contributed by atoms with Crippen LogP contribution in [-0.2, 0) is 6.54 Å². The summed E-state index contributed by atoms with van der Waals surface area (Å²) < 4.78 is 28.4. The fraction of sp³-hybridized carbons (Fsp3) is 0.286. The van der Waals surface area contributed by atoms with Crippen molar-refractivity contribution in [1.29, 1.82) is 0 Å². The summed E-state index contributed by atoms with van der Waals surface area (Å²) >= 11 is 1.52. The van der Waals surface area contributed by atoms with Crippen LogP contribution in [0.1, 0.15) is 21.7 Å². The summed E-state index contributed by atoms with van der Waals surface area (Å²) in [5, 5.41) is 1.09. The topological polar surface area (TPSA) is 23.6 Å². The van der Waals surface area contributed by atoms with Crippen LogP contribution in [0.25, 0.3) is 10.1 Å². The molecule has 3 aromatic rings. The van der Waals surface area contributed by atoms with E-state index in [-0.39, 0.29) is 11.7 Å². The number of carbonyl (C=O) groups excluding carboxylic acids is 1.